The predicted molar refractivity (Wildman–Crippen MR) is 216 cm³/mol. The molecule has 7 N–H and O–H groups in total. The number of halogens is 1. The number of aromatic carboxylic acids is 1. The van der Waals surface area contributed by atoms with Crippen molar-refractivity contribution in [3.05, 3.63) is 112 Å². The smallest absolute Gasteiger partial charge is 0.345 e. The first-order valence-corrected chi connectivity index (χ1v) is 19.3. The molecule has 0 spiro atoms. The van der Waals surface area contributed by atoms with Crippen molar-refractivity contribution in [2.75, 3.05) is 31.1 Å². The molecule has 0 saturated carbocycles. The SMILES string of the molecule is O=C(O)c1cc2[nH]nc(-c3cc4cc(CO)ccc4[nH]3)c2s1.O=C(c1cc2[nH]nc(-c3cc4cc(CO)ccc4[nH]3)c2s1)N1CCN(c2ccc(F)cc2)CC1. The maximum Gasteiger partial charge on any atom is 0.345 e. The molecule has 16 heteroatoms. The number of carbonyl (C=O) groups is 2. The highest BCUT2D eigenvalue weighted by Gasteiger charge is 2.25. The highest BCUT2D eigenvalue weighted by molar-refractivity contribution is 7.21. The number of aliphatic hydroxyl groups excluding tert-OH is 2. The number of piperazine rings is 1. The molecule has 0 atom stereocenters. The molecule has 56 heavy (non-hydrogen) atoms. The summed E-state index contributed by atoms with van der Waals surface area (Å²) in [6, 6.07) is 25.4. The van der Waals surface area contributed by atoms with Crippen molar-refractivity contribution in [3.63, 3.8) is 0 Å². The Bertz CT molecular complexity index is 2890. The number of aromatic amines is 4. The predicted octanol–water partition coefficient (Wildman–Crippen LogP) is 7.33. The molecule has 10 rings (SSSR count). The van der Waals surface area contributed by atoms with Gasteiger partial charge in [0.05, 0.1) is 49.9 Å². The Kier molecular flexibility index (Phi) is 9.09. The minimum absolute atomic E-state index is 0.00232. The van der Waals surface area contributed by atoms with E-state index in [0.29, 0.717) is 42.3 Å². The van der Waals surface area contributed by atoms with Crippen LogP contribution in [0.15, 0.2) is 84.9 Å². The molecule has 1 aliphatic heterocycles. The number of amides is 1. The molecule has 7 heterocycles. The standard InChI is InChI=1S/C25H22FN5O2S.C15H11N3O3S/c26-17-2-4-18(5-3-17)30-7-9-31(10-8-30)25(33)22-13-21-24(34-22)23(29-28-21)20-12-16-11-15(14-32)1-6-19(16)27-20;19-6-7-1-2-9-8(3-7)4-10(16-9)13-14-11(17-18-13)5-12(22-14)15(20)21/h1-6,11-13,27,32H,7-10,14H2,(H,28,29);1-5,16,19H,6H2,(H,17,18)(H,20,21). The van der Waals surface area contributed by atoms with Gasteiger partial charge in [0, 0.05) is 53.7 Å². The van der Waals surface area contributed by atoms with Crippen molar-refractivity contribution in [3.8, 4) is 22.8 Å². The second kappa shape index (κ2) is 14.4. The van der Waals surface area contributed by atoms with Crippen LogP contribution in [0.4, 0.5) is 10.1 Å². The minimum atomic E-state index is -0.940. The Balaban J connectivity index is 0.000000161. The molecule has 9 aromatic rings. The van der Waals surface area contributed by atoms with E-state index in [9.17, 15) is 24.2 Å². The highest BCUT2D eigenvalue weighted by atomic mass is 32.1. The van der Waals surface area contributed by atoms with Crippen LogP contribution in [0.1, 0.15) is 30.5 Å². The van der Waals surface area contributed by atoms with Crippen molar-refractivity contribution in [1.82, 2.24) is 35.3 Å². The number of carboxylic acids is 1. The van der Waals surface area contributed by atoms with E-state index >= 15 is 0 Å². The number of fused-ring (bicyclic) bond motifs is 4. The number of aliphatic hydroxyl groups is 2. The molecule has 1 saturated heterocycles. The second-order valence-electron chi connectivity index (χ2n) is 13.4. The van der Waals surface area contributed by atoms with Crippen LogP contribution in [0.25, 0.3) is 65.0 Å². The Morgan fingerprint density at radius 1 is 0.661 bits per heavy atom. The van der Waals surface area contributed by atoms with Gasteiger partial charge in [0.25, 0.3) is 5.91 Å². The number of hydrogen-bond acceptors (Lipinski definition) is 9. The summed E-state index contributed by atoms with van der Waals surface area (Å²) >= 11 is 2.64. The zero-order valence-electron chi connectivity index (χ0n) is 29.5. The highest BCUT2D eigenvalue weighted by Crippen LogP contribution is 2.36. The quantitative estimate of drug-likeness (QED) is 0.0874. The number of carboxylic acid groups (broad SMARTS) is 1. The van der Waals surface area contributed by atoms with Gasteiger partial charge in [-0.2, -0.15) is 10.2 Å². The molecule has 0 unspecified atom stereocenters. The molecule has 282 valence electrons. The fourth-order valence-corrected chi connectivity index (χ4v) is 9.03. The van der Waals surface area contributed by atoms with Crippen LogP contribution >= 0.6 is 22.7 Å². The normalized spacial score (nSPS) is 13.3. The third kappa shape index (κ3) is 6.57. The fourth-order valence-electron chi connectivity index (χ4n) is 7.00. The van der Waals surface area contributed by atoms with Crippen LogP contribution < -0.4 is 4.90 Å². The summed E-state index contributed by atoms with van der Waals surface area (Å²) in [4.78, 5) is 36.0. The Labute approximate surface area is 324 Å². The number of nitrogens with zero attached hydrogens (tertiary/aromatic N) is 4. The number of carbonyl (C=O) groups excluding carboxylic acids is 1. The van der Waals surface area contributed by atoms with E-state index in [4.69, 9.17) is 5.11 Å². The molecule has 3 aromatic carbocycles. The van der Waals surface area contributed by atoms with Crippen molar-refractivity contribution in [2.24, 2.45) is 0 Å². The second-order valence-corrected chi connectivity index (χ2v) is 15.5. The number of rotatable bonds is 7. The molecule has 0 aliphatic carbocycles. The zero-order chi connectivity index (χ0) is 38.5. The number of hydrogen-bond donors (Lipinski definition) is 7. The van der Waals surface area contributed by atoms with Crippen LogP contribution in [0.3, 0.4) is 0 Å². The summed E-state index contributed by atoms with van der Waals surface area (Å²) in [6.45, 7) is 2.63. The number of anilines is 1. The lowest BCUT2D eigenvalue weighted by Crippen LogP contribution is -2.48. The third-order valence-electron chi connectivity index (χ3n) is 9.90. The summed E-state index contributed by atoms with van der Waals surface area (Å²) in [7, 11) is 0. The number of thiophene rings is 2. The van der Waals surface area contributed by atoms with Crippen molar-refractivity contribution in [1.29, 1.82) is 0 Å². The van der Waals surface area contributed by atoms with E-state index in [1.165, 1.54) is 34.8 Å². The molecular weight excluding hydrogens is 756 g/mol. The number of nitrogens with one attached hydrogen (secondary N) is 4. The maximum atomic E-state index is 13.2. The van der Waals surface area contributed by atoms with E-state index in [0.717, 1.165) is 70.6 Å². The molecule has 0 bridgehead atoms. The lowest BCUT2D eigenvalue weighted by molar-refractivity contribution is 0.0700. The summed E-state index contributed by atoms with van der Waals surface area (Å²) in [5.41, 5.74) is 9.29. The van der Waals surface area contributed by atoms with Crippen molar-refractivity contribution >= 4 is 82.5 Å². The van der Waals surface area contributed by atoms with Gasteiger partial charge in [-0.25, -0.2) is 9.18 Å². The van der Waals surface area contributed by atoms with Gasteiger partial charge in [-0.15, -0.1) is 22.7 Å². The molecule has 6 aromatic heterocycles. The Morgan fingerprint density at radius 3 is 1.70 bits per heavy atom. The van der Waals surface area contributed by atoms with Crippen molar-refractivity contribution in [2.45, 2.75) is 13.2 Å². The summed E-state index contributed by atoms with van der Waals surface area (Å²) in [5.74, 6) is -1.17. The average Bonchev–Trinajstić information content (AvgIpc) is 4.07. The Morgan fingerprint density at radius 2 is 1.18 bits per heavy atom. The van der Waals surface area contributed by atoms with Gasteiger partial charge in [-0.3, -0.25) is 15.0 Å². The van der Waals surface area contributed by atoms with Crippen LogP contribution in [0.2, 0.25) is 0 Å². The first-order chi connectivity index (χ1) is 27.2. The number of H-pyrrole nitrogens is 4. The summed E-state index contributed by atoms with van der Waals surface area (Å²) in [6.07, 6.45) is 0. The maximum absolute atomic E-state index is 13.2. The molecular formula is C40H33FN8O5S2. The fraction of sp³-hybridized carbons (Fsp3) is 0.150. The van der Waals surface area contributed by atoms with E-state index < -0.39 is 5.97 Å². The lowest BCUT2D eigenvalue weighted by Gasteiger charge is -2.36. The van der Waals surface area contributed by atoms with Crippen LogP contribution in [0, 0.1) is 5.82 Å². The molecule has 1 aliphatic rings. The van der Waals surface area contributed by atoms with Crippen LogP contribution in [0.5, 0.6) is 0 Å². The molecule has 1 fully saturated rings. The van der Waals surface area contributed by atoms with E-state index in [1.54, 1.807) is 18.2 Å². The van der Waals surface area contributed by atoms with Gasteiger partial charge in [-0.05, 0) is 83.9 Å². The van der Waals surface area contributed by atoms with Gasteiger partial charge in [0.15, 0.2) is 0 Å². The van der Waals surface area contributed by atoms with Crippen molar-refractivity contribution < 1.29 is 29.3 Å². The first-order valence-electron chi connectivity index (χ1n) is 17.7. The minimum Gasteiger partial charge on any atom is -0.477 e. The zero-order valence-corrected chi connectivity index (χ0v) is 31.1. The monoisotopic (exact) mass is 788 g/mol. The first kappa shape index (κ1) is 35.4. The van der Waals surface area contributed by atoms with E-state index in [1.807, 2.05) is 59.5 Å². The molecule has 0 radical (unpaired) electrons. The van der Waals surface area contributed by atoms with E-state index in [-0.39, 0.29) is 29.8 Å². The summed E-state index contributed by atoms with van der Waals surface area (Å²) in [5, 5.41) is 44.3. The average molecular weight is 789 g/mol. The van der Waals surface area contributed by atoms with Gasteiger partial charge >= 0.3 is 5.97 Å². The third-order valence-corrected chi connectivity index (χ3v) is 12.2. The van der Waals surface area contributed by atoms with Gasteiger partial charge in [0.2, 0.25) is 0 Å². The number of benzene rings is 3. The summed E-state index contributed by atoms with van der Waals surface area (Å²) < 4.78 is 14.9. The van der Waals surface area contributed by atoms with Crippen LogP contribution in [-0.2, 0) is 13.2 Å². The Hall–Kier alpha value is -6.33. The number of aromatic nitrogens is 6. The largest absolute Gasteiger partial charge is 0.477 e. The lowest BCUT2D eigenvalue weighted by atomic mass is 10.1. The molecule has 1 amide bonds. The van der Waals surface area contributed by atoms with Gasteiger partial charge < -0.3 is 35.1 Å². The van der Waals surface area contributed by atoms with Gasteiger partial charge in [-0.1, -0.05) is 12.1 Å². The topological polar surface area (TPSA) is 190 Å². The van der Waals surface area contributed by atoms with Gasteiger partial charge in [0.1, 0.15) is 22.1 Å². The molecule has 13 nitrogen and oxygen atoms in total. The van der Waals surface area contributed by atoms with E-state index in [2.05, 4.69) is 35.3 Å². The van der Waals surface area contributed by atoms with Crippen LogP contribution in [-0.4, -0.2) is 88.6 Å².